The number of allylic oxidation sites excluding steroid dienone is 2. The fourth-order valence-corrected chi connectivity index (χ4v) is 6.59. The molecular formula is C47H89NO8. The van der Waals surface area contributed by atoms with E-state index in [0.717, 1.165) is 32.1 Å². The summed E-state index contributed by atoms with van der Waals surface area (Å²) in [7, 11) is 5.91. The van der Waals surface area contributed by atoms with E-state index in [9.17, 15) is 19.5 Å². The second-order valence-electron chi connectivity index (χ2n) is 17.1. The molecule has 0 aliphatic carbocycles. The van der Waals surface area contributed by atoms with Crippen molar-refractivity contribution < 1.29 is 42.9 Å². The van der Waals surface area contributed by atoms with Gasteiger partial charge in [0.15, 0.2) is 12.4 Å². The van der Waals surface area contributed by atoms with Gasteiger partial charge in [0, 0.05) is 12.8 Å². The molecule has 2 atom stereocenters. The molecule has 56 heavy (non-hydrogen) atoms. The van der Waals surface area contributed by atoms with Crippen LogP contribution in [0.4, 0.5) is 0 Å². The molecular weight excluding hydrogens is 707 g/mol. The number of ether oxygens (including phenoxy) is 4. The lowest BCUT2D eigenvalue weighted by atomic mass is 10.0. The Morgan fingerprint density at radius 2 is 0.911 bits per heavy atom. The maximum Gasteiger partial charge on any atom is 0.306 e. The standard InChI is InChI=1S/C47H89NO8/c1-6-8-10-12-14-16-17-18-19-20-21-22-23-24-25-26-27-28-29-30-32-34-36-38-45(50)56-43(42-55-47(46(51)52)53-40-39-48(3,4)5)41-54-44(49)37-35-33-31-15-13-11-9-7-2/h20-21,43,47H,6-19,22-42H2,1-5H3/b21-20-. The molecule has 0 amide bonds. The molecule has 0 spiro atoms. The molecule has 0 radical (unpaired) electrons. The van der Waals surface area contributed by atoms with Crippen LogP contribution in [0.5, 0.6) is 0 Å². The van der Waals surface area contributed by atoms with Crippen LogP contribution in [0.3, 0.4) is 0 Å². The lowest BCUT2D eigenvalue weighted by molar-refractivity contribution is -0.870. The first-order valence-corrected chi connectivity index (χ1v) is 23.3. The second-order valence-corrected chi connectivity index (χ2v) is 17.1. The summed E-state index contributed by atoms with van der Waals surface area (Å²) in [5.41, 5.74) is 0. The number of esters is 2. The largest absolute Gasteiger partial charge is 0.545 e. The number of carboxylic acids is 1. The zero-order chi connectivity index (χ0) is 41.4. The van der Waals surface area contributed by atoms with E-state index in [1.807, 2.05) is 21.1 Å². The van der Waals surface area contributed by atoms with Crippen molar-refractivity contribution >= 4 is 17.9 Å². The minimum atomic E-state index is -1.61. The Labute approximate surface area is 345 Å². The van der Waals surface area contributed by atoms with Gasteiger partial charge in [0.1, 0.15) is 13.2 Å². The van der Waals surface area contributed by atoms with Crippen molar-refractivity contribution in [2.24, 2.45) is 0 Å². The Bertz CT molecular complexity index is 934. The number of hydrogen-bond acceptors (Lipinski definition) is 8. The molecule has 0 saturated carbocycles. The summed E-state index contributed by atoms with van der Waals surface area (Å²) < 4.78 is 22.5. The summed E-state index contributed by atoms with van der Waals surface area (Å²) in [6.07, 6.45) is 38.3. The number of nitrogens with zero attached hydrogens (tertiary/aromatic N) is 1. The van der Waals surface area contributed by atoms with Gasteiger partial charge >= 0.3 is 11.9 Å². The highest BCUT2D eigenvalue weighted by molar-refractivity contribution is 5.70. The van der Waals surface area contributed by atoms with Gasteiger partial charge in [-0.05, 0) is 38.5 Å². The van der Waals surface area contributed by atoms with E-state index in [-0.39, 0.29) is 32.2 Å². The number of hydrogen-bond donors (Lipinski definition) is 0. The van der Waals surface area contributed by atoms with E-state index < -0.39 is 24.3 Å². The topological polar surface area (TPSA) is 111 Å². The molecule has 0 aromatic heterocycles. The molecule has 0 saturated heterocycles. The van der Waals surface area contributed by atoms with E-state index >= 15 is 0 Å². The molecule has 0 aliphatic heterocycles. The molecule has 0 bridgehead atoms. The molecule has 0 N–H and O–H groups in total. The highest BCUT2D eigenvalue weighted by atomic mass is 16.7. The fraction of sp³-hybridized carbons (Fsp3) is 0.894. The van der Waals surface area contributed by atoms with E-state index in [2.05, 4.69) is 26.0 Å². The van der Waals surface area contributed by atoms with Gasteiger partial charge < -0.3 is 33.3 Å². The number of likely N-dealkylation sites (N-methyl/N-ethyl adjacent to an activating group) is 1. The molecule has 0 aliphatic rings. The van der Waals surface area contributed by atoms with E-state index in [0.29, 0.717) is 23.9 Å². The third-order valence-corrected chi connectivity index (χ3v) is 10.3. The zero-order valence-corrected chi connectivity index (χ0v) is 37.3. The number of carbonyl (C=O) groups is 3. The lowest BCUT2D eigenvalue weighted by Gasteiger charge is -2.26. The number of aliphatic carboxylic acids is 1. The quantitative estimate of drug-likeness (QED) is 0.0197. The van der Waals surface area contributed by atoms with Crippen LogP contribution in [0, 0.1) is 0 Å². The Morgan fingerprint density at radius 1 is 0.518 bits per heavy atom. The van der Waals surface area contributed by atoms with Crippen LogP contribution in [0.25, 0.3) is 0 Å². The summed E-state index contributed by atoms with van der Waals surface area (Å²) in [6.45, 7) is 4.72. The van der Waals surface area contributed by atoms with Crippen LogP contribution >= 0.6 is 0 Å². The normalized spacial score (nSPS) is 12.9. The molecule has 0 heterocycles. The van der Waals surface area contributed by atoms with Crippen molar-refractivity contribution in [3.63, 3.8) is 0 Å². The maximum atomic E-state index is 12.7. The van der Waals surface area contributed by atoms with Crippen molar-refractivity contribution in [1.82, 2.24) is 0 Å². The van der Waals surface area contributed by atoms with Gasteiger partial charge in [-0.15, -0.1) is 0 Å². The van der Waals surface area contributed by atoms with Crippen LogP contribution < -0.4 is 5.11 Å². The predicted molar refractivity (Wildman–Crippen MR) is 228 cm³/mol. The molecule has 0 aromatic rings. The molecule has 330 valence electrons. The molecule has 2 unspecified atom stereocenters. The molecule has 0 aromatic carbocycles. The van der Waals surface area contributed by atoms with E-state index in [1.54, 1.807) is 0 Å². The Kier molecular flexibility index (Phi) is 38.4. The molecule has 0 rings (SSSR count). The summed E-state index contributed by atoms with van der Waals surface area (Å²) in [5, 5.41) is 11.7. The molecule has 0 fully saturated rings. The van der Waals surface area contributed by atoms with Crippen LogP contribution in [0.2, 0.25) is 0 Å². The predicted octanol–water partition coefficient (Wildman–Crippen LogP) is 10.9. The SMILES string of the molecule is CCCCCCCCCC/C=C\CCCCCCCCCCCCCC(=O)OC(COC(=O)CCCCCCCCCC)COC(OCC[N+](C)(C)C)C(=O)[O-]. The van der Waals surface area contributed by atoms with Crippen molar-refractivity contribution in [3.05, 3.63) is 12.2 Å². The zero-order valence-electron chi connectivity index (χ0n) is 37.3. The van der Waals surface area contributed by atoms with Gasteiger partial charge in [0.2, 0.25) is 0 Å². The minimum Gasteiger partial charge on any atom is -0.545 e. The first-order valence-electron chi connectivity index (χ1n) is 23.3. The van der Waals surface area contributed by atoms with Gasteiger partial charge in [-0.25, -0.2) is 0 Å². The molecule has 9 heteroatoms. The van der Waals surface area contributed by atoms with Gasteiger partial charge in [-0.3, -0.25) is 9.59 Å². The average molecular weight is 796 g/mol. The van der Waals surface area contributed by atoms with Crippen LogP contribution in [0.15, 0.2) is 12.2 Å². The monoisotopic (exact) mass is 796 g/mol. The number of unbranched alkanes of at least 4 members (excludes halogenated alkanes) is 26. The summed E-state index contributed by atoms with van der Waals surface area (Å²) >= 11 is 0. The number of rotatable bonds is 43. The summed E-state index contributed by atoms with van der Waals surface area (Å²) in [6, 6.07) is 0. The Balaban J connectivity index is 4.22. The van der Waals surface area contributed by atoms with Gasteiger partial charge in [0.25, 0.3) is 0 Å². The smallest absolute Gasteiger partial charge is 0.306 e. The van der Waals surface area contributed by atoms with E-state index in [1.165, 1.54) is 148 Å². The lowest BCUT2D eigenvalue weighted by Crippen LogP contribution is -2.44. The number of carbonyl (C=O) groups excluding carboxylic acids is 3. The highest BCUT2D eigenvalue weighted by Crippen LogP contribution is 2.15. The van der Waals surface area contributed by atoms with Gasteiger partial charge in [-0.2, -0.15) is 0 Å². The third kappa shape index (κ3) is 40.2. The first kappa shape index (κ1) is 54.0. The fourth-order valence-electron chi connectivity index (χ4n) is 6.59. The first-order chi connectivity index (χ1) is 27.1. The molecule has 9 nitrogen and oxygen atoms in total. The number of carboxylic acid groups (broad SMARTS) is 1. The van der Waals surface area contributed by atoms with E-state index in [4.69, 9.17) is 18.9 Å². The summed E-state index contributed by atoms with van der Waals surface area (Å²) in [4.78, 5) is 36.8. The van der Waals surface area contributed by atoms with Crippen molar-refractivity contribution in [2.45, 2.75) is 225 Å². The van der Waals surface area contributed by atoms with Crippen LogP contribution in [-0.2, 0) is 33.3 Å². The average Bonchev–Trinajstić information content (AvgIpc) is 3.15. The van der Waals surface area contributed by atoms with Crippen LogP contribution in [0.1, 0.15) is 213 Å². The number of quaternary nitrogens is 1. The summed E-state index contributed by atoms with van der Waals surface area (Å²) in [5.74, 6) is -2.28. The van der Waals surface area contributed by atoms with Crippen molar-refractivity contribution in [1.29, 1.82) is 0 Å². The second kappa shape index (κ2) is 39.8. The Hall–Kier alpha value is -1.97. The third-order valence-electron chi connectivity index (χ3n) is 10.3. The van der Waals surface area contributed by atoms with Gasteiger partial charge in [-0.1, -0.05) is 174 Å². The highest BCUT2D eigenvalue weighted by Gasteiger charge is 2.21. The Morgan fingerprint density at radius 3 is 1.32 bits per heavy atom. The van der Waals surface area contributed by atoms with Crippen LogP contribution in [-0.4, -0.2) is 82.3 Å². The van der Waals surface area contributed by atoms with Crippen molar-refractivity contribution in [2.75, 3.05) is 47.5 Å². The maximum absolute atomic E-state index is 12.7. The minimum absolute atomic E-state index is 0.151. The van der Waals surface area contributed by atoms with Gasteiger partial charge in [0.05, 0.1) is 40.3 Å². The van der Waals surface area contributed by atoms with Crippen molar-refractivity contribution in [3.8, 4) is 0 Å².